The normalized spacial score (nSPS) is 10.2. The largest absolute Gasteiger partial charge is 0.384 e. The number of aromatic nitrogens is 1. The maximum Gasteiger partial charge on any atom is 0.0370 e. The fraction of sp³-hybridized carbons (Fsp3) is 0.267. The fourth-order valence-electron chi connectivity index (χ4n) is 1.90. The van der Waals surface area contributed by atoms with Gasteiger partial charge in [-0.2, -0.15) is 0 Å². The molecule has 1 N–H and O–H groups in total. The van der Waals surface area contributed by atoms with Gasteiger partial charge in [0.15, 0.2) is 0 Å². The van der Waals surface area contributed by atoms with E-state index in [9.17, 15) is 0 Å². The molecule has 0 amide bonds. The van der Waals surface area contributed by atoms with E-state index in [0.717, 1.165) is 13.0 Å². The third kappa shape index (κ3) is 3.31. The summed E-state index contributed by atoms with van der Waals surface area (Å²) >= 11 is 0. The van der Waals surface area contributed by atoms with Crippen molar-refractivity contribution >= 4 is 5.69 Å². The quantitative estimate of drug-likeness (QED) is 0.864. The zero-order valence-electron chi connectivity index (χ0n) is 10.4. The summed E-state index contributed by atoms with van der Waals surface area (Å²) < 4.78 is 0. The van der Waals surface area contributed by atoms with Crippen LogP contribution in [0.4, 0.5) is 5.69 Å². The summed E-state index contributed by atoms with van der Waals surface area (Å²) in [6, 6.07) is 10.6. The van der Waals surface area contributed by atoms with Gasteiger partial charge in [-0.05, 0) is 43.5 Å². The van der Waals surface area contributed by atoms with Crippen molar-refractivity contribution in [2.45, 2.75) is 20.3 Å². The van der Waals surface area contributed by atoms with Crippen LogP contribution >= 0.6 is 0 Å². The molecule has 0 fully saturated rings. The second-order valence-corrected chi connectivity index (χ2v) is 4.36. The van der Waals surface area contributed by atoms with Gasteiger partial charge in [0.25, 0.3) is 0 Å². The highest BCUT2D eigenvalue weighted by molar-refractivity contribution is 5.51. The second-order valence-electron chi connectivity index (χ2n) is 4.36. The minimum absolute atomic E-state index is 0.940. The Kier molecular flexibility index (Phi) is 3.76. The molecule has 0 saturated heterocycles. The molecule has 2 aromatic rings. The van der Waals surface area contributed by atoms with E-state index in [1.54, 1.807) is 6.20 Å². The van der Waals surface area contributed by atoms with E-state index in [1.165, 1.54) is 22.4 Å². The summed E-state index contributed by atoms with van der Waals surface area (Å²) in [5.41, 5.74) is 5.10. The van der Waals surface area contributed by atoms with Crippen LogP contribution < -0.4 is 5.32 Å². The van der Waals surface area contributed by atoms with Crippen LogP contribution in [0, 0.1) is 13.8 Å². The average molecular weight is 226 g/mol. The lowest BCUT2D eigenvalue weighted by Crippen LogP contribution is -2.06. The highest BCUT2D eigenvalue weighted by atomic mass is 14.9. The molecule has 17 heavy (non-hydrogen) atoms. The smallest absolute Gasteiger partial charge is 0.0370 e. The topological polar surface area (TPSA) is 24.9 Å². The molecule has 0 atom stereocenters. The molecule has 0 spiro atoms. The minimum atomic E-state index is 0.940. The number of pyridine rings is 1. The van der Waals surface area contributed by atoms with Gasteiger partial charge in [0.1, 0.15) is 0 Å². The molecule has 2 nitrogen and oxygen atoms in total. The highest BCUT2D eigenvalue weighted by Gasteiger charge is 1.98. The highest BCUT2D eigenvalue weighted by Crippen LogP contribution is 2.15. The van der Waals surface area contributed by atoms with Gasteiger partial charge in [-0.3, -0.25) is 4.98 Å². The molecule has 0 saturated carbocycles. The van der Waals surface area contributed by atoms with E-state index in [1.807, 2.05) is 12.3 Å². The maximum absolute atomic E-state index is 4.11. The van der Waals surface area contributed by atoms with Crippen LogP contribution in [0.15, 0.2) is 42.7 Å². The van der Waals surface area contributed by atoms with Crippen molar-refractivity contribution in [2.75, 3.05) is 11.9 Å². The Balaban J connectivity index is 1.90. The second kappa shape index (κ2) is 5.48. The maximum atomic E-state index is 4.11. The lowest BCUT2D eigenvalue weighted by atomic mass is 10.1. The Morgan fingerprint density at radius 3 is 2.76 bits per heavy atom. The molecule has 2 heteroatoms. The van der Waals surface area contributed by atoms with Crippen LogP contribution in [0.2, 0.25) is 0 Å². The Morgan fingerprint density at radius 1 is 1.18 bits per heavy atom. The number of nitrogens with zero attached hydrogens (tertiary/aromatic N) is 1. The SMILES string of the molecule is Cc1ccc(NCCc2cccnc2)c(C)c1. The first-order valence-corrected chi connectivity index (χ1v) is 5.96. The van der Waals surface area contributed by atoms with Crippen LogP contribution in [0.25, 0.3) is 0 Å². The molecule has 0 radical (unpaired) electrons. The third-order valence-corrected chi connectivity index (χ3v) is 2.83. The van der Waals surface area contributed by atoms with Crippen LogP contribution in [0.5, 0.6) is 0 Å². The summed E-state index contributed by atoms with van der Waals surface area (Å²) in [5, 5.41) is 3.46. The summed E-state index contributed by atoms with van der Waals surface area (Å²) in [6.07, 6.45) is 4.73. The van der Waals surface area contributed by atoms with E-state index >= 15 is 0 Å². The first-order valence-electron chi connectivity index (χ1n) is 5.96. The van der Waals surface area contributed by atoms with Crippen molar-refractivity contribution in [3.05, 3.63) is 59.4 Å². The van der Waals surface area contributed by atoms with E-state index in [0.29, 0.717) is 0 Å². The van der Waals surface area contributed by atoms with Crippen molar-refractivity contribution in [1.82, 2.24) is 4.98 Å². The van der Waals surface area contributed by atoms with Gasteiger partial charge < -0.3 is 5.32 Å². The minimum Gasteiger partial charge on any atom is -0.384 e. The van der Waals surface area contributed by atoms with Gasteiger partial charge in [0.05, 0.1) is 0 Å². The Morgan fingerprint density at radius 2 is 2.06 bits per heavy atom. The lowest BCUT2D eigenvalue weighted by Gasteiger charge is -2.10. The van der Waals surface area contributed by atoms with Crippen molar-refractivity contribution in [1.29, 1.82) is 0 Å². The number of benzene rings is 1. The number of hydrogen-bond acceptors (Lipinski definition) is 2. The van der Waals surface area contributed by atoms with E-state index < -0.39 is 0 Å². The first-order chi connectivity index (χ1) is 8.25. The van der Waals surface area contributed by atoms with Gasteiger partial charge >= 0.3 is 0 Å². The van der Waals surface area contributed by atoms with Crippen LogP contribution in [-0.2, 0) is 6.42 Å². The molecular formula is C15H18N2. The monoisotopic (exact) mass is 226 g/mol. The van der Waals surface area contributed by atoms with E-state index in [2.05, 4.69) is 48.4 Å². The molecule has 0 aliphatic heterocycles. The lowest BCUT2D eigenvalue weighted by molar-refractivity contribution is 1.00. The zero-order chi connectivity index (χ0) is 12.1. The zero-order valence-corrected chi connectivity index (χ0v) is 10.4. The summed E-state index contributed by atoms with van der Waals surface area (Å²) in [4.78, 5) is 4.11. The van der Waals surface area contributed by atoms with Gasteiger partial charge in [-0.1, -0.05) is 23.8 Å². The van der Waals surface area contributed by atoms with Gasteiger partial charge in [0.2, 0.25) is 0 Å². The molecule has 0 unspecified atom stereocenters. The van der Waals surface area contributed by atoms with Crippen molar-refractivity contribution < 1.29 is 0 Å². The summed E-state index contributed by atoms with van der Waals surface area (Å²) in [6.45, 7) is 5.20. The summed E-state index contributed by atoms with van der Waals surface area (Å²) in [5.74, 6) is 0. The Labute approximate surface area is 103 Å². The molecule has 2 rings (SSSR count). The van der Waals surface area contributed by atoms with Crippen LogP contribution in [-0.4, -0.2) is 11.5 Å². The Bertz CT molecular complexity index is 478. The summed E-state index contributed by atoms with van der Waals surface area (Å²) in [7, 11) is 0. The number of nitrogens with one attached hydrogen (secondary N) is 1. The number of aryl methyl sites for hydroxylation is 2. The Hall–Kier alpha value is -1.83. The van der Waals surface area contributed by atoms with Gasteiger partial charge in [-0.25, -0.2) is 0 Å². The van der Waals surface area contributed by atoms with E-state index in [4.69, 9.17) is 0 Å². The predicted molar refractivity (Wildman–Crippen MR) is 72.3 cm³/mol. The molecule has 0 aliphatic carbocycles. The van der Waals surface area contributed by atoms with Gasteiger partial charge in [0, 0.05) is 24.6 Å². The molecule has 0 bridgehead atoms. The first kappa shape index (κ1) is 11.6. The van der Waals surface area contributed by atoms with Crippen molar-refractivity contribution in [3.63, 3.8) is 0 Å². The van der Waals surface area contributed by atoms with Crippen LogP contribution in [0.1, 0.15) is 16.7 Å². The molecule has 1 aromatic heterocycles. The fourth-order valence-corrected chi connectivity index (χ4v) is 1.90. The molecule has 1 aromatic carbocycles. The van der Waals surface area contributed by atoms with E-state index in [-0.39, 0.29) is 0 Å². The standard InChI is InChI=1S/C15H18N2/c1-12-5-6-15(13(2)10-12)17-9-7-14-4-3-8-16-11-14/h3-6,8,10-11,17H,7,9H2,1-2H3. The van der Waals surface area contributed by atoms with Gasteiger partial charge in [-0.15, -0.1) is 0 Å². The molecular weight excluding hydrogens is 208 g/mol. The molecule has 1 heterocycles. The number of anilines is 1. The number of hydrogen-bond donors (Lipinski definition) is 1. The van der Waals surface area contributed by atoms with Crippen molar-refractivity contribution in [3.8, 4) is 0 Å². The van der Waals surface area contributed by atoms with Crippen LogP contribution in [0.3, 0.4) is 0 Å². The number of rotatable bonds is 4. The molecule has 88 valence electrons. The predicted octanol–water partition coefficient (Wildman–Crippen LogP) is 3.35. The third-order valence-electron chi connectivity index (χ3n) is 2.83. The molecule has 0 aliphatic rings. The average Bonchev–Trinajstić information content (AvgIpc) is 2.33. The van der Waals surface area contributed by atoms with Crippen molar-refractivity contribution in [2.24, 2.45) is 0 Å².